The quantitative estimate of drug-likeness (QED) is 0.450. The molecule has 1 aliphatic carbocycles. The van der Waals surface area contributed by atoms with E-state index in [1.54, 1.807) is 24.3 Å². The first-order chi connectivity index (χ1) is 11.9. The summed E-state index contributed by atoms with van der Waals surface area (Å²) >= 11 is 0. The topological polar surface area (TPSA) is 134 Å². The highest BCUT2D eigenvalue weighted by Gasteiger charge is 2.49. The van der Waals surface area contributed by atoms with Crippen LogP contribution in [0.1, 0.15) is 24.8 Å². The maximum absolute atomic E-state index is 12.0. The van der Waals surface area contributed by atoms with Crippen molar-refractivity contribution in [2.24, 2.45) is 11.1 Å². The van der Waals surface area contributed by atoms with E-state index in [1.165, 1.54) is 0 Å². The molecule has 0 atom stereocenters. The van der Waals surface area contributed by atoms with Crippen LogP contribution in [0.4, 0.5) is 5.69 Å². The molecule has 1 aromatic carbocycles. The van der Waals surface area contributed by atoms with Gasteiger partial charge in [0.25, 0.3) is 0 Å². The fourth-order valence-electron chi connectivity index (χ4n) is 2.34. The van der Waals surface area contributed by atoms with Crippen LogP contribution in [0.2, 0.25) is 0 Å². The molecular weight excluding hydrogens is 324 g/mol. The second kappa shape index (κ2) is 9.75. The van der Waals surface area contributed by atoms with Crippen molar-refractivity contribution in [3.8, 4) is 0 Å². The van der Waals surface area contributed by atoms with Crippen molar-refractivity contribution in [2.75, 3.05) is 26.0 Å². The molecule has 1 saturated carbocycles. The SMILES string of the molecule is CNC.NC(=O)C1(C(=O)NCC(=O)Nc2ccc(CO)cc2)CCC1. The third-order valence-electron chi connectivity index (χ3n) is 3.94. The van der Waals surface area contributed by atoms with Crippen LogP contribution in [0.15, 0.2) is 24.3 Å². The minimum absolute atomic E-state index is 0.0700. The number of nitrogens with two attached hydrogens (primary N) is 1. The van der Waals surface area contributed by atoms with E-state index in [0.29, 0.717) is 18.5 Å². The lowest BCUT2D eigenvalue weighted by Crippen LogP contribution is -2.54. The zero-order valence-electron chi connectivity index (χ0n) is 14.6. The summed E-state index contributed by atoms with van der Waals surface area (Å²) in [5, 5.41) is 16.8. The first-order valence-electron chi connectivity index (χ1n) is 8.06. The second-order valence-corrected chi connectivity index (χ2v) is 5.89. The number of hydrogen-bond donors (Lipinski definition) is 5. The molecule has 1 aromatic rings. The molecule has 0 spiro atoms. The second-order valence-electron chi connectivity index (χ2n) is 5.89. The Bertz CT molecular complexity index is 597. The maximum Gasteiger partial charge on any atom is 0.243 e. The molecule has 0 saturated heterocycles. The van der Waals surface area contributed by atoms with Crippen LogP contribution in [-0.4, -0.2) is 43.5 Å². The van der Waals surface area contributed by atoms with Crippen LogP contribution >= 0.6 is 0 Å². The molecule has 25 heavy (non-hydrogen) atoms. The van der Waals surface area contributed by atoms with Gasteiger partial charge in [-0.25, -0.2) is 0 Å². The molecule has 138 valence electrons. The molecule has 3 amide bonds. The van der Waals surface area contributed by atoms with Crippen LogP contribution in [0.25, 0.3) is 0 Å². The van der Waals surface area contributed by atoms with E-state index < -0.39 is 23.1 Å². The number of rotatable bonds is 6. The number of carbonyl (C=O) groups excluding carboxylic acids is 3. The summed E-state index contributed by atoms with van der Waals surface area (Å²) in [5.74, 6) is -1.53. The van der Waals surface area contributed by atoms with Gasteiger partial charge in [-0.15, -0.1) is 0 Å². The number of amides is 3. The Morgan fingerprint density at radius 3 is 2.12 bits per heavy atom. The number of aliphatic hydroxyl groups excluding tert-OH is 1. The van der Waals surface area contributed by atoms with Crippen molar-refractivity contribution in [1.29, 1.82) is 0 Å². The molecule has 0 unspecified atom stereocenters. The Kier molecular flexibility index (Phi) is 8.03. The lowest BCUT2D eigenvalue weighted by atomic mass is 9.67. The summed E-state index contributed by atoms with van der Waals surface area (Å²) in [7, 11) is 3.75. The molecule has 0 bridgehead atoms. The van der Waals surface area contributed by atoms with Crippen LogP contribution in [0, 0.1) is 5.41 Å². The van der Waals surface area contributed by atoms with Gasteiger partial charge in [-0.2, -0.15) is 0 Å². The predicted octanol–water partition coefficient (Wildman–Crippen LogP) is -0.275. The molecule has 0 radical (unpaired) electrons. The Morgan fingerprint density at radius 2 is 1.72 bits per heavy atom. The lowest BCUT2D eigenvalue weighted by molar-refractivity contribution is -0.148. The zero-order valence-corrected chi connectivity index (χ0v) is 14.6. The third kappa shape index (κ3) is 5.54. The van der Waals surface area contributed by atoms with Crippen molar-refractivity contribution in [2.45, 2.75) is 25.9 Å². The molecular formula is C17H26N4O4. The van der Waals surface area contributed by atoms with E-state index in [2.05, 4.69) is 16.0 Å². The summed E-state index contributed by atoms with van der Waals surface area (Å²) in [6.07, 6.45) is 1.64. The van der Waals surface area contributed by atoms with Gasteiger partial charge in [-0.05, 0) is 44.6 Å². The van der Waals surface area contributed by atoms with Crippen molar-refractivity contribution >= 4 is 23.4 Å². The summed E-state index contributed by atoms with van der Waals surface area (Å²) in [6, 6.07) is 6.68. The average Bonchev–Trinajstić information content (AvgIpc) is 2.53. The third-order valence-corrected chi connectivity index (χ3v) is 3.94. The maximum atomic E-state index is 12.0. The molecule has 8 nitrogen and oxygen atoms in total. The van der Waals surface area contributed by atoms with Gasteiger partial charge < -0.3 is 26.8 Å². The number of hydrogen-bond acceptors (Lipinski definition) is 5. The van der Waals surface area contributed by atoms with Crippen molar-refractivity contribution in [3.05, 3.63) is 29.8 Å². The van der Waals surface area contributed by atoms with Gasteiger partial charge in [-0.1, -0.05) is 18.6 Å². The summed E-state index contributed by atoms with van der Waals surface area (Å²) < 4.78 is 0. The standard InChI is InChI=1S/C15H19N3O4.C2H7N/c16-13(21)15(6-1-7-15)14(22)17-8-12(20)18-11-4-2-10(9-19)3-5-11;1-3-2/h2-5,19H,1,6-9H2,(H2,16,21)(H,17,22)(H,18,20);3H,1-2H3. The van der Waals surface area contributed by atoms with Gasteiger partial charge in [0.2, 0.25) is 17.7 Å². The van der Waals surface area contributed by atoms with Gasteiger partial charge in [0, 0.05) is 5.69 Å². The first kappa shape index (κ1) is 20.6. The highest BCUT2D eigenvalue weighted by Crippen LogP contribution is 2.40. The van der Waals surface area contributed by atoms with Crippen LogP contribution in [0.3, 0.4) is 0 Å². The fraction of sp³-hybridized carbons (Fsp3) is 0.471. The van der Waals surface area contributed by atoms with Crippen LogP contribution in [0.5, 0.6) is 0 Å². The van der Waals surface area contributed by atoms with E-state index in [4.69, 9.17) is 10.8 Å². The highest BCUT2D eigenvalue weighted by atomic mass is 16.3. The monoisotopic (exact) mass is 350 g/mol. The fourth-order valence-corrected chi connectivity index (χ4v) is 2.34. The molecule has 6 N–H and O–H groups in total. The number of carbonyl (C=O) groups is 3. The Balaban J connectivity index is 0.000000970. The number of nitrogens with one attached hydrogen (secondary N) is 3. The molecule has 1 aliphatic rings. The molecule has 0 aliphatic heterocycles. The number of anilines is 1. The summed E-state index contributed by atoms with van der Waals surface area (Å²) in [5.41, 5.74) is 5.42. The van der Waals surface area contributed by atoms with E-state index in [1.807, 2.05) is 14.1 Å². The van der Waals surface area contributed by atoms with Gasteiger partial charge in [0.1, 0.15) is 5.41 Å². The summed E-state index contributed by atoms with van der Waals surface area (Å²) in [4.78, 5) is 35.2. The van der Waals surface area contributed by atoms with Crippen molar-refractivity contribution < 1.29 is 19.5 Å². The van der Waals surface area contributed by atoms with Crippen LogP contribution in [-0.2, 0) is 21.0 Å². The highest BCUT2D eigenvalue weighted by molar-refractivity contribution is 6.06. The van der Waals surface area contributed by atoms with E-state index >= 15 is 0 Å². The zero-order chi connectivity index (χ0) is 18.9. The van der Waals surface area contributed by atoms with E-state index in [0.717, 1.165) is 12.0 Å². The number of aliphatic hydroxyl groups is 1. The smallest absolute Gasteiger partial charge is 0.243 e. The minimum atomic E-state index is -1.15. The Morgan fingerprint density at radius 1 is 1.16 bits per heavy atom. The van der Waals surface area contributed by atoms with Crippen molar-refractivity contribution in [1.82, 2.24) is 10.6 Å². The Labute approximate surface area is 147 Å². The van der Waals surface area contributed by atoms with Gasteiger partial charge in [0.15, 0.2) is 0 Å². The van der Waals surface area contributed by atoms with Gasteiger partial charge >= 0.3 is 0 Å². The molecule has 2 rings (SSSR count). The number of primary amides is 1. The number of benzene rings is 1. The average molecular weight is 350 g/mol. The van der Waals surface area contributed by atoms with E-state index in [9.17, 15) is 14.4 Å². The predicted molar refractivity (Wildman–Crippen MR) is 94.5 cm³/mol. The molecule has 1 fully saturated rings. The van der Waals surface area contributed by atoms with Crippen molar-refractivity contribution in [3.63, 3.8) is 0 Å². The molecule has 8 heteroatoms. The van der Waals surface area contributed by atoms with Gasteiger partial charge in [0.05, 0.1) is 13.2 Å². The molecule has 0 aromatic heterocycles. The van der Waals surface area contributed by atoms with Crippen LogP contribution < -0.4 is 21.7 Å². The minimum Gasteiger partial charge on any atom is -0.392 e. The van der Waals surface area contributed by atoms with Gasteiger partial charge in [-0.3, -0.25) is 14.4 Å². The Hall–Kier alpha value is -2.45. The lowest BCUT2D eigenvalue weighted by Gasteiger charge is -2.36. The largest absolute Gasteiger partial charge is 0.392 e. The first-order valence-corrected chi connectivity index (χ1v) is 8.06. The summed E-state index contributed by atoms with van der Waals surface area (Å²) in [6.45, 7) is -0.297. The molecule has 0 heterocycles. The normalized spacial score (nSPS) is 14.4. The van der Waals surface area contributed by atoms with E-state index in [-0.39, 0.29) is 13.2 Å².